The van der Waals surface area contributed by atoms with Gasteiger partial charge in [0.15, 0.2) is 23.3 Å². The van der Waals surface area contributed by atoms with Crippen molar-refractivity contribution >= 4 is 11.6 Å². The molecule has 0 aliphatic rings. The molecule has 4 N–H and O–H groups in total. The van der Waals surface area contributed by atoms with E-state index >= 15 is 0 Å². The van der Waals surface area contributed by atoms with E-state index in [9.17, 15) is 13.9 Å². The Morgan fingerprint density at radius 1 is 1.44 bits per heavy atom. The highest BCUT2D eigenvalue weighted by molar-refractivity contribution is 5.45. The molecule has 1 aromatic heterocycles. The van der Waals surface area contributed by atoms with Gasteiger partial charge in [0.25, 0.3) is 0 Å². The van der Waals surface area contributed by atoms with Gasteiger partial charge in [0.05, 0.1) is 5.60 Å². The van der Waals surface area contributed by atoms with Crippen molar-refractivity contribution in [3.63, 3.8) is 0 Å². The summed E-state index contributed by atoms with van der Waals surface area (Å²) in [6.45, 7) is 2.06. The van der Waals surface area contributed by atoms with Gasteiger partial charge >= 0.3 is 0 Å². The van der Waals surface area contributed by atoms with Crippen molar-refractivity contribution in [2.45, 2.75) is 12.5 Å². The van der Waals surface area contributed by atoms with Crippen LogP contribution in [-0.2, 0) is 0 Å². The van der Waals surface area contributed by atoms with E-state index in [1.54, 1.807) is 11.8 Å². The number of anilines is 2. The van der Waals surface area contributed by atoms with E-state index in [0.29, 0.717) is 12.6 Å². The van der Waals surface area contributed by atoms with Crippen LogP contribution in [0.4, 0.5) is 20.4 Å². The Morgan fingerprint density at radius 2 is 2.06 bits per heavy atom. The molecule has 0 saturated heterocycles. The van der Waals surface area contributed by atoms with E-state index in [4.69, 9.17) is 5.73 Å². The van der Waals surface area contributed by atoms with Crippen molar-refractivity contribution in [1.29, 1.82) is 0 Å². The molecule has 0 aliphatic carbocycles. The number of pyridine rings is 1. The monoisotopic (exact) mass is 260 g/mol. The topological polar surface area (TPSA) is 74.4 Å². The van der Waals surface area contributed by atoms with Crippen LogP contribution in [0.3, 0.4) is 0 Å². The van der Waals surface area contributed by atoms with Crippen LogP contribution in [0.5, 0.6) is 0 Å². The summed E-state index contributed by atoms with van der Waals surface area (Å²) in [7, 11) is 3.62. The van der Waals surface area contributed by atoms with Crippen LogP contribution in [0.15, 0.2) is 6.07 Å². The van der Waals surface area contributed by atoms with Crippen LogP contribution in [0.1, 0.15) is 6.92 Å². The number of aliphatic hydroxyl groups is 1. The molecule has 1 atom stereocenters. The summed E-state index contributed by atoms with van der Waals surface area (Å²) < 4.78 is 26.3. The van der Waals surface area contributed by atoms with Crippen LogP contribution in [0.25, 0.3) is 0 Å². The van der Waals surface area contributed by atoms with Crippen LogP contribution < -0.4 is 11.1 Å². The highest BCUT2D eigenvalue weighted by atomic mass is 19.1. The second kappa shape index (κ2) is 5.45. The number of aromatic nitrogens is 1. The average Bonchev–Trinajstić information content (AvgIpc) is 2.19. The Labute approximate surface area is 105 Å². The normalized spacial score (nSPS) is 14.6. The highest BCUT2D eigenvalue weighted by Crippen LogP contribution is 2.17. The van der Waals surface area contributed by atoms with Gasteiger partial charge < -0.3 is 21.1 Å². The number of hydrogen-bond acceptors (Lipinski definition) is 5. The Hall–Kier alpha value is -1.47. The third-order valence-electron chi connectivity index (χ3n) is 2.25. The molecule has 0 fully saturated rings. The molecule has 0 radical (unpaired) electrons. The van der Waals surface area contributed by atoms with Crippen LogP contribution >= 0.6 is 0 Å². The van der Waals surface area contributed by atoms with Gasteiger partial charge in [0, 0.05) is 19.2 Å². The van der Waals surface area contributed by atoms with Crippen molar-refractivity contribution in [3.05, 3.63) is 17.7 Å². The number of nitrogen functional groups attached to an aromatic ring is 1. The second-order valence-corrected chi connectivity index (χ2v) is 4.77. The van der Waals surface area contributed by atoms with E-state index in [-0.39, 0.29) is 18.2 Å². The molecule has 7 heteroatoms. The fourth-order valence-corrected chi connectivity index (χ4v) is 1.62. The van der Waals surface area contributed by atoms with Gasteiger partial charge in [-0.2, -0.15) is 0 Å². The zero-order chi connectivity index (χ0) is 13.9. The summed E-state index contributed by atoms with van der Waals surface area (Å²) in [6.07, 6.45) is 0. The van der Waals surface area contributed by atoms with E-state index < -0.39 is 17.2 Å². The Kier molecular flexibility index (Phi) is 4.42. The van der Waals surface area contributed by atoms with Gasteiger partial charge in [0.2, 0.25) is 0 Å². The standard InChI is InChI=1S/C11H18F2N4O/c1-11(18,6-17(2)3)5-15-10-8(13)4-7(12)9(14)16-10/h4,18H,5-6H2,1-3H3,(H3,14,15,16). The maximum Gasteiger partial charge on any atom is 0.168 e. The van der Waals surface area contributed by atoms with Crippen molar-refractivity contribution in [3.8, 4) is 0 Å². The molecule has 0 spiro atoms. The lowest BCUT2D eigenvalue weighted by Gasteiger charge is -2.27. The maximum atomic E-state index is 13.4. The minimum absolute atomic E-state index is 0.0696. The van der Waals surface area contributed by atoms with Crippen molar-refractivity contribution in [2.24, 2.45) is 0 Å². The summed E-state index contributed by atoms with van der Waals surface area (Å²) in [5.74, 6) is -2.31. The van der Waals surface area contributed by atoms with Crippen molar-refractivity contribution < 1.29 is 13.9 Å². The summed E-state index contributed by atoms with van der Waals surface area (Å²) in [5, 5.41) is 12.6. The molecule has 0 bridgehead atoms. The maximum absolute atomic E-state index is 13.4. The van der Waals surface area contributed by atoms with Crippen molar-refractivity contribution in [1.82, 2.24) is 9.88 Å². The SMILES string of the molecule is CN(C)CC(C)(O)CNc1nc(N)c(F)cc1F. The van der Waals surface area contributed by atoms with E-state index in [2.05, 4.69) is 10.3 Å². The molecule has 0 aliphatic heterocycles. The first-order chi connectivity index (χ1) is 8.21. The quantitative estimate of drug-likeness (QED) is 0.725. The average molecular weight is 260 g/mol. The molecular weight excluding hydrogens is 242 g/mol. The first-order valence-electron chi connectivity index (χ1n) is 5.44. The molecule has 1 heterocycles. The Balaban J connectivity index is 2.72. The lowest BCUT2D eigenvalue weighted by atomic mass is 10.1. The summed E-state index contributed by atoms with van der Waals surface area (Å²) in [6, 6.07) is 0.658. The van der Waals surface area contributed by atoms with E-state index in [1.165, 1.54) is 0 Å². The number of halogens is 2. The third-order valence-corrected chi connectivity index (χ3v) is 2.25. The molecule has 0 saturated carbocycles. The molecular formula is C11H18F2N4O. The molecule has 0 amide bonds. The molecule has 102 valence electrons. The highest BCUT2D eigenvalue weighted by Gasteiger charge is 2.22. The number of rotatable bonds is 5. The summed E-state index contributed by atoms with van der Waals surface area (Å²) >= 11 is 0. The third kappa shape index (κ3) is 4.08. The number of nitrogens with zero attached hydrogens (tertiary/aromatic N) is 2. The van der Waals surface area contributed by atoms with Gasteiger partial charge in [-0.3, -0.25) is 0 Å². The number of hydrogen-bond donors (Lipinski definition) is 3. The van der Waals surface area contributed by atoms with Gasteiger partial charge in [-0.25, -0.2) is 13.8 Å². The van der Waals surface area contributed by atoms with Gasteiger partial charge in [-0.15, -0.1) is 0 Å². The summed E-state index contributed by atoms with van der Waals surface area (Å²) in [4.78, 5) is 5.34. The fourth-order valence-electron chi connectivity index (χ4n) is 1.62. The van der Waals surface area contributed by atoms with Crippen LogP contribution in [0.2, 0.25) is 0 Å². The first kappa shape index (κ1) is 14.6. The van der Waals surface area contributed by atoms with Gasteiger partial charge in [-0.1, -0.05) is 0 Å². The number of likely N-dealkylation sites (N-methyl/N-ethyl adjacent to an activating group) is 1. The Bertz CT molecular complexity index is 424. The van der Waals surface area contributed by atoms with Crippen molar-refractivity contribution in [2.75, 3.05) is 38.2 Å². The zero-order valence-electron chi connectivity index (χ0n) is 10.7. The predicted molar refractivity (Wildman–Crippen MR) is 66.2 cm³/mol. The molecule has 1 rings (SSSR count). The Morgan fingerprint density at radius 3 is 2.61 bits per heavy atom. The zero-order valence-corrected chi connectivity index (χ0v) is 10.7. The number of nitrogens with one attached hydrogen (secondary N) is 1. The van der Waals surface area contributed by atoms with Gasteiger partial charge in [0.1, 0.15) is 0 Å². The second-order valence-electron chi connectivity index (χ2n) is 4.77. The molecule has 0 aromatic carbocycles. The first-order valence-corrected chi connectivity index (χ1v) is 5.44. The minimum atomic E-state index is -1.07. The lowest BCUT2D eigenvalue weighted by Crippen LogP contribution is -2.43. The predicted octanol–water partition coefficient (Wildman–Crippen LogP) is 0.666. The molecule has 18 heavy (non-hydrogen) atoms. The molecule has 1 aromatic rings. The van der Waals surface area contributed by atoms with Crippen LogP contribution in [-0.4, -0.2) is 47.8 Å². The lowest BCUT2D eigenvalue weighted by molar-refractivity contribution is 0.0458. The molecule has 5 nitrogen and oxygen atoms in total. The van der Waals surface area contributed by atoms with E-state index in [0.717, 1.165) is 0 Å². The summed E-state index contributed by atoms with van der Waals surface area (Å²) in [5.41, 5.74) is 4.18. The molecule has 1 unspecified atom stereocenters. The van der Waals surface area contributed by atoms with Gasteiger partial charge in [-0.05, 0) is 21.0 Å². The minimum Gasteiger partial charge on any atom is -0.387 e. The smallest absolute Gasteiger partial charge is 0.168 e. The van der Waals surface area contributed by atoms with E-state index in [1.807, 2.05) is 14.1 Å². The largest absolute Gasteiger partial charge is 0.387 e. The fraction of sp³-hybridized carbons (Fsp3) is 0.545. The van der Waals surface area contributed by atoms with Crippen LogP contribution in [0, 0.1) is 11.6 Å². The number of nitrogens with two attached hydrogens (primary N) is 1.